The quantitative estimate of drug-likeness (QED) is 0.378. The number of esters is 1. The summed E-state index contributed by atoms with van der Waals surface area (Å²) in [5, 5.41) is 23.8. The number of carbonyl (C=O) groups is 3. The first kappa shape index (κ1) is 37.1. The van der Waals surface area contributed by atoms with Crippen molar-refractivity contribution in [3.05, 3.63) is 53.8 Å². The molecule has 3 N–H and O–H groups in total. The van der Waals surface area contributed by atoms with Crippen molar-refractivity contribution >= 4 is 17.8 Å². The first-order valence-corrected chi connectivity index (χ1v) is 16.4. The summed E-state index contributed by atoms with van der Waals surface area (Å²) >= 11 is 0. The monoisotopic (exact) mass is 644 g/mol. The number of oxazole rings is 1. The zero-order valence-electron chi connectivity index (χ0n) is 28.1. The first-order chi connectivity index (χ1) is 21.9. The van der Waals surface area contributed by atoms with E-state index < -0.39 is 42.3 Å². The van der Waals surface area contributed by atoms with Crippen molar-refractivity contribution < 1.29 is 38.5 Å². The van der Waals surface area contributed by atoms with Crippen molar-refractivity contribution in [1.29, 1.82) is 0 Å². The minimum Gasteiger partial charge on any atom is -0.460 e. The molecule has 1 aromatic heterocycles. The molecule has 12 heteroatoms. The highest BCUT2D eigenvalue weighted by molar-refractivity contribution is 5.95. The Morgan fingerprint density at radius 3 is 2.61 bits per heavy atom. The zero-order valence-corrected chi connectivity index (χ0v) is 28.1. The number of nitrogens with zero attached hydrogens (tertiary/aromatic N) is 3. The lowest BCUT2D eigenvalue weighted by molar-refractivity contribution is -0.162. The highest BCUT2D eigenvalue weighted by Crippen LogP contribution is 2.27. The van der Waals surface area contributed by atoms with Crippen LogP contribution in [0.4, 0.5) is 0 Å². The van der Waals surface area contributed by atoms with Gasteiger partial charge in [0.05, 0.1) is 31.3 Å². The molecule has 0 radical (unpaired) electrons. The van der Waals surface area contributed by atoms with Crippen LogP contribution in [0.1, 0.15) is 70.8 Å². The smallest absolute Gasteiger partial charge is 0.331 e. The van der Waals surface area contributed by atoms with Gasteiger partial charge in [-0.15, -0.1) is 0 Å². The van der Waals surface area contributed by atoms with E-state index in [-0.39, 0.29) is 55.3 Å². The number of aliphatic hydroxyl groups excluding tert-OH is 2. The average Bonchev–Trinajstić information content (AvgIpc) is 3.65. The van der Waals surface area contributed by atoms with E-state index in [2.05, 4.69) is 29.0 Å². The van der Waals surface area contributed by atoms with Crippen LogP contribution in [0.2, 0.25) is 0 Å². The third kappa shape index (κ3) is 10.9. The molecule has 1 aromatic rings. The number of aromatic nitrogens is 1. The molecule has 3 rings (SSSR count). The third-order valence-electron chi connectivity index (χ3n) is 8.38. The maximum Gasteiger partial charge on any atom is 0.331 e. The average molecular weight is 645 g/mol. The predicted octanol–water partition coefficient (Wildman–Crippen LogP) is 2.66. The molecule has 12 nitrogen and oxygen atoms in total. The molecular weight excluding hydrogens is 592 g/mol. The molecule has 0 saturated carbocycles. The van der Waals surface area contributed by atoms with Gasteiger partial charge in [-0.25, -0.2) is 9.78 Å². The molecule has 1 saturated heterocycles. The minimum atomic E-state index is -1.01. The second-order valence-electron chi connectivity index (χ2n) is 12.4. The van der Waals surface area contributed by atoms with E-state index in [4.69, 9.17) is 13.9 Å². The number of fused-ring (bicyclic) bond motifs is 3. The lowest BCUT2D eigenvalue weighted by Gasteiger charge is -2.31. The molecule has 256 valence electrons. The number of hydrogen-bond donors (Lipinski definition) is 3. The van der Waals surface area contributed by atoms with Gasteiger partial charge in [-0.1, -0.05) is 64.5 Å². The van der Waals surface area contributed by atoms with Gasteiger partial charge in [-0.05, 0) is 38.4 Å². The number of cyclic esters (lactones) is 1. The molecule has 2 bridgehead atoms. The maximum absolute atomic E-state index is 13.9. The van der Waals surface area contributed by atoms with Gasteiger partial charge in [0.25, 0.3) is 5.91 Å². The van der Waals surface area contributed by atoms with Gasteiger partial charge in [0.1, 0.15) is 12.4 Å². The molecule has 0 aliphatic carbocycles. The predicted molar refractivity (Wildman–Crippen MR) is 173 cm³/mol. The Morgan fingerprint density at radius 2 is 1.91 bits per heavy atom. The van der Waals surface area contributed by atoms with Gasteiger partial charge in [0, 0.05) is 32.0 Å². The van der Waals surface area contributed by atoms with Crippen LogP contribution in [-0.2, 0) is 25.5 Å². The molecule has 6 atom stereocenters. The van der Waals surface area contributed by atoms with Crippen molar-refractivity contribution in [2.24, 2.45) is 11.8 Å². The second kappa shape index (κ2) is 18.1. The Bertz CT molecular complexity index is 1240. The normalized spacial score (nSPS) is 30.0. The SMILES string of the molecule is CCN(CC)CCOC1CCN2C(=O)c3coc(n3)C[C@H](O)C[C@H](O)/C=C(C)/C=C/CNC(=O)/C=C/[C@@H](C)[C@@H](C(C)C)OC(=O)C12. The van der Waals surface area contributed by atoms with Crippen LogP contribution in [0.25, 0.3) is 0 Å². The van der Waals surface area contributed by atoms with E-state index in [1.807, 2.05) is 27.7 Å². The van der Waals surface area contributed by atoms with Crippen molar-refractivity contribution in [2.75, 3.05) is 39.3 Å². The molecule has 1 fully saturated rings. The highest BCUT2D eigenvalue weighted by Gasteiger charge is 2.45. The van der Waals surface area contributed by atoms with E-state index in [0.717, 1.165) is 18.7 Å². The van der Waals surface area contributed by atoms with Crippen molar-refractivity contribution in [3.63, 3.8) is 0 Å². The third-order valence-corrected chi connectivity index (χ3v) is 8.38. The van der Waals surface area contributed by atoms with Gasteiger partial charge in [-0.3, -0.25) is 9.59 Å². The molecule has 3 heterocycles. The number of hydrogen-bond acceptors (Lipinski definition) is 10. The van der Waals surface area contributed by atoms with Gasteiger partial charge >= 0.3 is 5.97 Å². The van der Waals surface area contributed by atoms with Crippen LogP contribution in [0, 0.1) is 11.8 Å². The lowest BCUT2D eigenvalue weighted by Crippen LogP contribution is -2.49. The Hall–Kier alpha value is -3.32. The number of rotatable bonds is 7. The Labute approximate surface area is 272 Å². The van der Waals surface area contributed by atoms with Crippen LogP contribution in [0.15, 0.2) is 46.6 Å². The van der Waals surface area contributed by atoms with Gasteiger partial charge in [0.15, 0.2) is 17.6 Å². The highest BCUT2D eigenvalue weighted by atomic mass is 16.6. The number of amides is 2. The lowest BCUT2D eigenvalue weighted by atomic mass is 9.94. The van der Waals surface area contributed by atoms with Crippen LogP contribution in [0.5, 0.6) is 0 Å². The fraction of sp³-hybridized carbons (Fsp3) is 0.647. The number of ether oxygens (including phenoxy) is 2. The fourth-order valence-electron chi connectivity index (χ4n) is 5.83. The molecule has 2 unspecified atom stereocenters. The van der Waals surface area contributed by atoms with Gasteiger partial charge in [0.2, 0.25) is 5.91 Å². The van der Waals surface area contributed by atoms with Crippen molar-refractivity contribution in [2.45, 2.75) is 91.3 Å². The number of aliphatic hydroxyl groups is 2. The van der Waals surface area contributed by atoms with Crippen LogP contribution in [0.3, 0.4) is 0 Å². The summed E-state index contributed by atoms with van der Waals surface area (Å²) in [5.41, 5.74) is 0.768. The van der Waals surface area contributed by atoms with Crippen LogP contribution < -0.4 is 5.32 Å². The molecule has 2 aliphatic heterocycles. The summed E-state index contributed by atoms with van der Waals surface area (Å²) in [7, 11) is 0. The summed E-state index contributed by atoms with van der Waals surface area (Å²) in [4.78, 5) is 48.1. The Morgan fingerprint density at radius 1 is 1.17 bits per heavy atom. The number of carbonyl (C=O) groups excluding carboxylic acids is 3. The number of likely N-dealkylation sites (N-methyl/N-ethyl adjacent to an activating group) is 1. The van der Waals surface area contributed by atoms with E-state index in [1.54, 1.807) is 24.3 Å². The van der Waals surface area contributed by atoms with E-state index in [0.29, 0.717) is 19.6 Å². The standard InChI is InChI=1S/C34H52N4O8/c1-7-37(8-2)16-17-44-28-13-15-38-31(28)34(43)46-32(22(3)4)24(6)11-12-29(41)35-14-9-10-23(5)18-25(39)19-26(40)20-30-36-27(21-45-30)33(38)42/h9-12,18,21-22,24-26,28,31-32,39-40H,7-8,13-17,19-20H2,1-6H3,(H,35,41)/b10-9+,12-11+,23-18+/t24-,25-,26-,28?,31?,32-/m1/s1. The Kier molecular flexibility index (Phi) is 14.6. The molecule has 2 aliphatic rings. The summed E-state index contributed by atoms with van der Waals surface area (Å²) in [6.45, 7) is 15.1. The molecule has 0 aromatic carbocycles. The second-order valence-corrected chi connectivity index (χ2v) is 12.4. The van der Waals surface area contributed by atoms with E-state index in [1.165, 1.54) is 17.2 Å². The molecule has 46 heavy (non-hydrogen) atoms. The van der Waals surface area contributed by atoms with Gasteiger partial charge < -0.3 is 39.2 Å². The first-order valence-electron chi connectivity index (χ1n) is 16.4. The molecule has 2 amide bonds. The summed E-state index contributed by atoms with van der Waals surface area (Å²) in [5.74, 6) is -1.61. The van der Waals surface area contributed by atoms with Crippen molar-refractivity contribution in [1.82, 2.24) is 20.1 Å². The number of nitrogens with one attached hydrogen (secondary N) is 1. The summed E-state index contributed by atoms with van der Waals surface area (Å²) in [6.07, 6.45) is 6.91. The summed E-state index contributed by atoms with van der Waals surface area (Å²) < 4.78 is 17.8. The molecular formula is C34H52N4O8. The fourth-order valence-corrected chi connectivity index (χ4v) is 5.83. The minimum absolute atomic E-state index is 0.00586. The summed E-state index contributed by atoms with van der Waals surface area (Å²) in [6, 6.07) is -1.01. The zero-order chi connectivity index (χ0) is 33.8. The van der Waals surface area contributed by atoms with E-state index >= 15 is 0 Å². The largest absolute Gasteiger partial charge is 0.460 e. The van der Waals surface area contributed by atoms with E-state index in [9.17, 15) is 24.6 Å². The number of allylic oxidation sites excluding steroid dienone is 2. The topological polar surface area (TPSA) is 155 Å². The van der Waals surface area contributed by atoms with Crippen LogP contribution >= 0.6 is 0 Å². The van der Waals surface area contributed by atoms with Crippen LogP contribution in [-0.4, -0.2) is 113 Å². The van der Waals surface area contributed by atoms with Gasteiger partial charge in [-0.2, -0.15) is 0 Å². The van der Waals surface area contributed by atoms with Crippen molar-refractivity contribution in [3.8, 4) is 0 Å². The Balaban J connectivity index is 1.91. The maximum atomic E-state index is 13.9. The molecule has 0 spiro atoms.